The van der Waals surface area contributed by atoms with E-state index in [2.05, 4.69) is 4.98 Å². The fourth-order valence-corrected chi connectivity index (χ4v) is 2.31. The van der Waals surface area contributed by atoms with Crippen molar-refractivity contribution in [1.29, 1.82) is 5.26 Å². The van der Waals surface area contributed by atoms with Crippen LogP contribution in [0, 0.1) is 11.3 Å². The number of aromatic nitrogens is 1. The second-order valence-electron chi connectivity index (χ2n) is 3.26. The zero-order valence-electron chi connectivity index (χ0n) is 8.27. The van der Waals surface area contributed by atoms with Gasteiger partial charge in [0.2, 0.25) is 0 Å². The van der Waals surface area contributed by atoms with E-state index >= 15 is 0 Å². The standard InChI is InChI=1S/C11H8ClN3S/c12-10-3-7(5-13)1-2-8(10)4-9-6-15-11(14)16-9/h1-3,6H,4H2,(H2,14,15). The van der Waals surface area contributed by atoms with Crippen LogP contribution < -0.4 is 5.73 Å². The van der Waals surface area contributed by atoms with Gasteiger partial charge in [0.1, 0.15) is 0 Å². The lowest BCUT2D eigenvalue weighted by Crippen LogP contribution is -1.87. The first kappa shape index (κ1) is 10.9. The summed E-state index contributed by atoms with van der Waals surface area (Å²) in [6.07, 6.45) is 2.44. The number of halogens is 1. The van der Waals surface area contributed by atoms with Gasteiger partial charge in [0.25, 0.3) is 0 Å². The molecule has 0 amide bonds. The van der Waals surface area contributed by atoms with Crippen LogP contribution in [0.1, 0.15) is 16.0 Å². The molecule has 1 aromatic carbocycles. The maximum Gasteiger partial charge on any atom is 0.180 e. The Hall–Kier alpha value is -1.57. The summed E-state index contributed by atoms with van der Waals surface area (Å²) in [4.78, 5) is 5.04. The summed E-state index contributed by atoms with van der Waals surface area (Å²) in [6.45, 7) is 0. The Balaban J connectivity index is 2.26. The van der Waals surface area contributed by atoms with Gasteiger partial charge in [0.05, 0.1) is 11.6 Å². The Kier molecular flexibility index (Phi) is 3.09. The van der Waals surface area contributed by atoms with E-state index in [0.717, 1.165) is 10.4 Å². The van der Waals surface area contributed by atoms with Gasteiger partial charge in [0.15, 0.2) is 5.13 Å². The molecule has 0 fully saturated rings. The molecule has 2 N–H and O–H groups in total. The molecule has 1 aromatic heterocycles. The summed E-state index contributed by atoms with van der Waals surface area (Å²) < 4.78 is 0. The summed E-state index contributed by atoms with van der Waals surface area (Å²) in [5.74, 6) is 0. The number of hydrogen-bond acceptors (Lipinski definition) is 4. The molecule has 2 rings (SSSR count). The summed E-state index contributed by atoms with van der Waals surface area (Å²) in [5, 5.41) is 9.87. The van der Waals surface area contributed by atoms with E-state index in [-0.39, 0.29) is 0 Å². The number of nitriles is 1. The summed E-state index contributed by atoms with van der Waals surface area (Å²) in [7, 11) is 0. The second kappa shape index (κ2) is 4.52. The average Bonchev–Trinajstić information content (AvgIpc) is 2.67. The fourth-order valence-electron chi connectivity index (χ4n) is 1.35. The molecule has 0 spiro atoms. The van der Waals surface area contributed by atoms with Gasteiger partial charge in [-0.05, 0) is 17.7 Å². The highest BCUT2D eigenvalue weighted by Gasteiger charge is 2.05. The van der Waals surface area contributed by atoms with Gasteiger partial charge in [0, 0.05) is 22.5 Å². The zero-order valence-corrected chi connectivity index (χ0v) is 9.85. The Morgan fingerprint density at radius 3 is 2.88 bits per heavy atom. The molecule has 5 heteroatoms. The minimum atomic E-state index is 0.555. The number of anilines is 1. The molecule has 0 aliphatic heterocycles. The van der Waals surface area contributed by atoms with Gasteiger partial charge < -0.3 is 5.73 Å². The third-order valence-electron chi connectivity index (χ3n) is 2.12. The molecular weight excluding hydrogens is 242 g/mol. The number of nitrogen functional groups attached to an aromatic ring is 1. The van der Waals surface area contributed by atoms with Crippen LogP contribution in [0.15, 0.2) is 24.4 Å². The summed E-state index contributed by atoms with van der Waals surface area (Å²) >= 11 is 7.51. The van der Waals surface area contributed by atoms with E-state index in [4.69, 9.17) is 22.6 Å². The molecule has 2 aromatic rings. The number of rotatable bonds is 2. The molecular formula is C11H8ClN3S. The van der Waals surface area contributed by atoms with E-state index in [9.17, 15) is 0 Å². The van der Waals surface area contributed by atoms with Crippen molar-refractivity contribution >= 4 is 28.1 Å². The Morgan fingerprint density at radius 2 is 2.31 bits per heavy atom. The van der Waals surface area contributed by atoms with E-state index in [1.807, 2.05) is 12.1 Å². The first-order chi connectivity index (χ1) is 7.69. The smallest absolute Gasteiger partial charge is 0.180 e. The van der Waals surface area contributed by atoms with Gasteiger partial charge in [-0.15, -0.1) is 11.3 Å². The summed E-state index contributed by atoms with van der Waals surface area (Å²) in [6, 6.07) is 7.33. The monoisotopic (exact) mass is 249 g/mol. The van der Waals surface area contributed by atoms with Crippen LogP contribution in [-0.2, 0) is 6.42 Å². The van der Waals surface area contributed by atoms with Crippen molar-refractivity contribution in [3.05, 3.63) is 45.4 Å². The third kappa shape index (κ3) is 2.32. The van der Waals surface area contributed by atoms with Gasteiger partial charge in [-0.25, -0.2) is 4.98 Å². The van der Waals surface area contributed by atoms with E-state index in [1.165, 1.54) is 11.3 Å². The normalized spacial score (nSPS) is 10.0. The molecule has 0 atom stereocenters. The predicted octanol–water partition coefficient (Wildman–Crippen LogP) is 2.84. The van der Waals surface area contributed by atoms with Crippen molar-refractivity contribution in [1.82, 2.24) is 4.98 Å². The predicted molar refractivity (Wildman–Crippen MR) is 65.5 cm³/mol. The van der Waals surface area contributed by atoms with Gasteiger partial charge in [-0.3, -0.25) is 0 Å². The quantitative estimate of drug-likeness (QED) is 0.890. The number of hydrogen-bond donors (Lipinski definition) is 1. The third-order valence-corrected chi connectivity index (χ3v) is 3.30. The lowest BCUT2D eigenvalue weighted by Gasteiger charge is -2.01. The van der Waals surface area contributed by atoms with Crippen molar-refractivity contribution in [3.8, 4) is 6.07 Å². The van der Waals surface area contributed by atoms with Gasteiger partial charge >= 0.3 is 0 Å². The van der Waals surface area contributed by atoms with Crippen LogP contribution in [-0.4, -0.2) is 4.98 Å². The van der Waals surface area contributed by atoms with Crippen molar-refractivity contribution in [3.63, 3.8) is 0 Å². The summed E-state index contributed by atoms with van der Waals surface area (Å²) in [5.41, 5.74) is 7.09. The van der Waals surface area contributed by atoms with E-state index < -0.39 is 0 Å². The number of nitrogens with zero attached hydrogens (tertiary/aromatic N) is 2. The number of thiazole rings is 1. The molecule has 0 aliphatic rings. The van der Waals surface area contributed by atoms with E-state index in [0.29, 0.717) is 22.1 Å². The van der Waals surface area contributed by atoms with Crippen LogP contribution in [0.4, 0.5) is 5.13 Å². The van der Waals surface area contributed by atoms with Crippen molar-refractivity contribution < 1.29 is 0 Å². The van der Waals surface area contributed by atoms with Crippen LogP contribution in [0.3, 0.4) is 0 Å². The molecule has 3 nitrogen and oxygen atoms in total. The van der Waals surface area contributed by atoms with Crippen molar-refractivity contribution in [2.45, 2.75) is 6.42 Å². The van der Waals surface area contributed by atoms with Crippen LogP contribution in [0.25, 0.3) is 0 Å². The first-order valence-corrected chi connectivity index (χ1v) is 5.77. The zero-order chi connectivity index (χ0) is 11.5. The highest BCUT2D eigenvalue weighted by Crippen LogP contribution is 2.24. The van der Waals surface area contributed by atoms with Crippen LogP contribution in [0.2, 0.25) is 5.02 Å². The first-order valence-electron chi connectivity index (χ1n) is 4.58. The van der Waals surface area contributed by atoms with Crippen molar-refractivity contribution in [2.75, 3.05) is 5.73 Å². The highest BCUT2D eigenvalue weighted by atomic mass is 35.5. The SMILES string of the molecule is N#Cc1ccc(Cc2cnc(N)s2)c(Cl)c1. The van der Waals surface area contributed by atoms with Crippen LogP contribution in [0.5, 0.6) is 0 Å². The van der Waals surface area contributed by atoms with Crippen LogP contribution >= 0.6 is 22.9 Å². The number of nitrogens with two attached hydrogens (primary N) is 1. The molecule has 0 unspecified atom stereocenters. The Labute approximate surface area is 102 Å². The lowest BCUT2D eigenvalue weighted by atomic mass is 10.1. The second-order valence-corrected chi connectivity index (χ2v) is 4.81. The largest absolute Gasteiger partial charge is 0.375 e. The molecule has 0 saturated heterocycles. The minimum absolute atomic E-state index is 0.555. The molecule has 0 aliphatic carbocycles. The fraction of sp³-hybridized carbons (Fsp3) is 0.0909. The maximum absolute atomic E-state index is 8.71. The number of benzene rings is 1. The molecule has 0 saturated carbocycles. The minimum Gasteiger partial charge on any atom is -0.375 e. The van der Waals surface area contributed by atoms with Gasteiger partial charge in [-0.1, -0.05) is 17.7 Å². The molecule has 80 valence electrons. The molecule has 0 bridgehead atoms. The highest BCUT2D eigenvalue weighted by molar-refractivity contribution is 7.15. The topological polar surface area (TPSA) is 62.7 Å². The maximum atomic E-state index is 8.71. The van der Waals surface area contributed by atoms with E-state index in [1.54, 1.807) is 18.3 Å². The lowest BCUT2D eigenvalue weighted by molar-refractivity contribution is 1.22. The molecule has 16 heavy (non-hydrogen) atoms. The Bertz CT molecular complexity index is 557. The molecule has 1 heterocycles. The average molecular weight is 250 g/mol. The molecule has 0 radical (unpaired) electrons. The Morgan fingerprint density at radius 1 is 1.50 bits per heavy atom. The van der Waals surface area contributed by atoms with Crippen molar-refractivity contribution in [2.24, 2.45) is 0 Å². The van der Waals surface area contributed by atoms with Gasteiger partial charge in [-0.2, -0.15) is 5.26 Å².